The number of H-pyrrole nitrogens is 1. The zero-order chi connectivity index (χ0) is 19.5. The number of morpholine rings is 1. The lowest BCUT2D eigenvalue weighted by Crippen LogP contribution is -2.36. The van der Waals surface area contributed by atoms with E-state index in [1.165, 1.54) is 37.8 Å². The van der Waals surface area contributed by atoms with E-state index in [0.29, 0.717) is 12.0 Å². The van der Waals surface area contributed by atoms with Gasteiger partial charge in [-0.2, -0.15) is 9.97 Å². The lowest BCUT2D eigenvalue weighted by atomic mass is 9.95. The van der Waals surface area contributed by atoms with Gasteiger partial charge in [0.05, 0.1) is 18.6 Å². The van der Waals surface area contributed by atoms with Crippen molar-refractivity contribution < 1.29 is 4.74 Å². The van der Waals surface area contributed by atoms with Crippen LogP contribution in [-0.4, -0.2) is 47.3 Å². The summed E-state index contributed by atoms with van der Waals surface area (Å²) in [6.07, 6.45) is 8.27. The maximum Gasteiger partial charge on any atom is 0.231 e. The summed E-state index contributed by atoms with van der Waals surface area (Å²) in [5.74, 6) is 1.52. The van der Waals surface area contributed by atoms with Crippen LogP contribution in [0.2, 0.25) is 0 Å². The molecule has 2 aliphatic rings. The Labute approximate surface area is 170 Å². The summed E-state index contributed by atoms with van der Waals surface area (Å²) in [7, 11) is 0. The van der Waals surface area contributed by atoms with E-state index in [1.54, 1.807) is 0 Å². The summed E-state index contributed by atoms with van der Waals surface area (Å²) in [4.78, 5) is 15.0. The van der Waals surface area contributed by atoms with Crippen LogP contribution < -0.4 is 15.5 Å². The predicted octanol–water partition coefficient (Wildman–Crippen LogP) is 4.28. The zero-order valence-corrected chi connectivity index (χ0v) is 16.7. The molecule has 0 atom stereocenters. The van der Waals surface area contributed by atoms with Crippen molar-refractivity contribution >= 4 is 34.2 Å². The minimum absolute atomic E-state index is 0.498. The lowest BCUT2D eigenvalue weighted by molar-refractivity contribution is 0.122. The molecule has 0 spiro atoms. The van der Waals surface area contributed by atoms with Gasteiger partial charge in [-0.1, -0.05) is 19.3 Å². The highest BCUT2D eigenvalue weighted by atomic mass is 16.5. The van der Waals surface area contributed by atoms with Crippen LogP contribution in [0.25, 0.3) is 11.0 Å². The van der Waals surface area contributed by atoms with Crippen molar-refractivity contribution in [3.05, 3.63) is 36.5 Å². The second-order valence-corrected chi connectivity index (χ2v) is 7.89. The molecule has 3 heterocycles. The quantitative estimate of drug-likeness (QED) is 0.601. The van der Waals surface area contributed by atoms with Gasteiger partial charge >= 0.3 is 0 Å². The Bertz CT molecular complexity index is 942. The third-order valence-corrected chi connectivity index (χ3v) is 5.86. The number of nitrogens with zero attached hydrogens (tertiary/aromatic N) is 3. The van der Waals surface area contributed by atoms with Crippen molar-refractivity contribution in [2.24, 2.45) is 0 Å². The summed E-state index contributed by atoms with van der Waals surface area (Å²) in [5.41, 5.74) is 3.06. The first-order valence-electron chi connectivity index (χ1n) is 10.7. The van der Waals surface area contributed by atoms with Gasteiger partial charge < -0.3 is 25.3 Å². The molecule has 0 bridgehead atoms. The molecule has 2 aromatic heterocycles. The molecule has 152 valence electrons. The minimum atomic E-state index is 0.498. The number of aromatic amines is 1. The number of benzene rings is 1. The van der Waals surface area contributed by atoms with Crippen LogP contribution in [0.5, 0.6) is 0 Å². The van der Waals surface area contributed by atoms with Crippen molar-refractivity contribution in [3.8, 4) is 0 Å². The maximum absolute atomic E-state index is 5.44. The Balaban J connectivity index is 1.34. The minimum Gasteiger partial charge on any atom is -0.378 e. The Morgan fingerprint density at radius 1 is 0.966 bits per heavy atom. The topological polar surface area (TPSA) is 78.1 Å². The van der Waals surface area contributed by atoms with Gasteiger partial charge in [0.25, 0.3) is 0 Å². The van der Waals surface area contributed by atoms with E-state index in [-0.39, 0.29) is 0 Å². The number of rotatable bonds is 5. The second-order valence-electron chi connectivity index (χ2n) is 7.89. The SMILES string of the molecule is c1cc2c(NC3CCCCC3)nc(Nc3ccc(N4CCOCC4)cc3)nc2[nH]1. The van der Waals surface area contributed by atoms with Gasteiger partial charge in [-0.05, 0) is 43.2 Å². The average molecular weight is 393 g/mol. The Kier molecular flexibility index (Phi) is 5.21. The van der Waals surface area contributed by atoms with Crippen molar-refractivity contribution in [3.63, 3.8) is 0 Å². The molecule has 1 aliphatic heterocycles. The van der Waals surface area contributed by atoms with Crippen LogP contribution in [0.15, 0.2) is 36.5 Å². The fourth-order valence-corrected chi connectivity index (χ4v) is 4.25. The van der Waals surface area contributed by atoms with Gasteiger partial charge in [-0.15, -0.1) is 0 Å². The lowest BCUT2D eigenvalue weighted by Gasteiger charge is -2.28. The van der Waals surface area contributed by atoms with Gasteiger partial charge in [0, 0.05) is 36.7 Å². The van der Waals surface area contributed by atoms with Crippen LogP contribution in [0.3, 0.4) is 0 Å². The standard InChI is InChI=1S/C22H28N6O/c1-2-4-16(5-3-1)24-21-19-10-11-23-20(19)26-22(27-21)25-17-6-8-18(9-7-17)28-12-14-29-15-13-28/h6-11,16H,1-5,12-15H2,(H3,23,24,25,26,27). The van der Waals surface area contributed by atoms with E-state index in [4.69, 9.17) is 9.72 Å². The van der Waals surface area contributed by atoms with E-state index >= 15 is 0 Å². The fourth-order valence-electron chi connectivity index (χ4n) is 4.25. The number of hydrogen-bond donors (Lipinski definition) is 3. The van der Waals surface area contributed by atoms with Crippen LogP contribution in [0.1, 0.15) is 32.1 Å². The van der Waals surface area contributed by atoms with E-state index in [1.807, 2.05) is 12.3 Å². The number of nitrogens with one attached hydrogen (secondary N) is 3. The number of ether oxygens (including phenoxy) is 1. The van der Waals surface area contributed by atoms with E-state index in [9.17, 15) is 0 Å². The predicted molar refractivity (Wildman–Crippen MR) is 117 cm³/mol. The van der Waals surface area contributed by atoms with Crippen LogP contribution in [-0.2, 0) is 4.74 Å². The maximum atomic E-state index is 5.44. The summed E-state index contributed by atoms with van der Waals surface area (Å²) in [5, 5.41) is 8.07. The number of hydrogen-bond acceptors (Lipinski definition) is 6. The van der Waals surface area contributed by atoms with Gasteiger partial charge in [0.15, 0.2) is 0 Å². The molecule has 0 radical (unpaired) electrons. The van der Waals surface area contributed by atoms with Gasteiger partial charge in [0.2, 0.25) is 5.95 Å². The Hall–Kier alpha value is -2.80. The summed E-state index contributed by atoms with van der Waals surface area (Å²) < 4.78 is 5.44. The largest absolute Gasteiger partial charge is 0.378 e. The smallest absolute Gasteiger partial charge is 0.231 e. The van der Waals surface area contributed by atoms with E-state index in [0.717, 1.165) is 48.8 Å². The van der Waals surface area contributed by atoms with E-state index < -0.39 is 0 Å². The third kappa shape index (κ3) is 4.15. The monoisotopic (exact) mass is 392 g/mol. The molecule has 1 aliphatic carbocycles. The van der Waals surface area contributed by atoms with Gasteiger partial charge in [0.1, 0.15) is 11.5 Å². The average Bonchev–Trinajstić information content (AvgIpc) is 3.25. The number of anilines is 4. The number of fused-ring (bicyclic) bond motifs is 1. The summed E-state index contributed by atoms with van der Waals surface area (Å²) in [6, 6.07) is 11.0. The molecule has 0 amide bonds. The first-order valence-corrected chi connectivity index (χ1v) is 10.7. The molecule has 2 fully saturated rings. The fraction of sp³-hybridized carbons (Fsp3) is 0.455. The molecule has 7 nitrogen and oxygen atoms in total. The molecule has 1 saturated carbocycles. The molecule has 1 aromatic carbocycles. The molecule has 5 rings (SSSR count). The Morgan fingerprint density at radius 2 is 1.76 bits per heavy atom. The molecular formula is C22H28N6O. The zero-order valence-electron chi connectivity index (χ0n) is 16.7. The highest BCUT2D eigenvalue weighted by Crippen LogP contribution is 2.27. The normalized spacial score (nSPS) is 18.1. The van der Waals surface area contributed by atoms with E-state index in [2.05, 4.69) is 49.8 Å². The highest BCUT2D eigenvalue weighted by Gasteiger charge is 2.17. The Morgan fingerprint density at radius 3 is 2.55 bits per heavy atom. The molecule has 1 saturated heterocycles. The second kappa shape index (κ2) is 8.29. The molecule has 3 N–H and O–H groups in total. The highest BCUT2D eigenvalue weighted by molar-refractivity contribution is 5.88. The number of aromatic nitrogens is 3. The van der Waals surface area contributed by atoms with Crippen molar-refractivity contribution in [2.75, 3.05) is 41.8 Å². The van der Waals surface area contributed by atoms with Gasteiger partial charge in [-0.25, -0.2) is 0 Å². The van der Waals surface area contributed by atoms with Crippen LogP contribution in [0, 0.1) is 0 Å². The van der Waals surface area contributed by atoms with Crippen molar-refractivity contribution in [1.29, 1.82) is 0 Å². The van der Waals surface area contributed by atoms with Crippen molar-refractivity contribution in [1.82, 2.24) is 15.0 Å². The molecular weight excluding hydrogens is 364 g/mol. The van der Waals surface area contributed by atoms with Crippen LogP contribution >= 0.6 is 0 Å². The molecule has 29 heavy (non-hydrogen) atoms. The van der Waals surface area contributed by atoms with Gasteiger partial charge in [-0.3, -0.25) is 0 Å². The first kappa shape index (κ1) is 18.2. The molecule has 0 unspecified atom stereocenters. The summed E-state index contributed by atoms with van der Waals surface area (Å²) in [6.45, 7) is 3.46. The first-order chi connectivity index (χ1) is 14.3. The summed E-state index contributed by atoms with van der Waals surface area (Å²) >= 11 is 0. The molecule has 3 aromatic rings. The van der Waals surface area contributed by atoms with Crippen LogP contribution in [0.4, 0.5) is 23.1 Å². The molecule has 7 heteroatoms. The van der Waals surface area contributed by atoms with Crippen molar-refractivity contribution in [2.45, 2.75) is 38.1 Å². The third-order valence-electron chi connectivity index (χ3n) is 5.86.